The van der Waals surface area contributed by atoms with Crippen molar-refractivity contribution < 1.29 is 4.42 Å². The smallest absolute Gasteiger partial charge is 0.163 e. The molecule has 6 nitrogen and oxygen atoms in total. The van der Waals surface area contributed by atoms with Gasteiger partial charge in [0.05, 0.1) is 22.9 Å². The van der Waals surface area contributed by atoms with Crippen LogP contribution in [-0.2, 0) is 6.42 Å². The summed E-state index contributed by atoms with van der Waals surface area (Å²) in [5.41, 5.74) is 10.1. The molecule has 0 aliphatic carbocycles. The Balaban J connectivity index is 1.20. The van der Waals surface area contributed by atoms with Crippen molar-refractivity contribution in [3.8, 4) is 39.6 Å². The summed E-state index contributed by atoms with van der Waals surface area (Å²) in [4.78, 5) is 19.7. The van der Waals surface area contributed by atoms with Crippen LogP contribution in [0.25, 0.3) is 83.3 Å². The molecule has 0 spiro atoms. The minimum Gasteiger partial charge on any atom is -0.454 e. The number of aromatic nitrogens is 5. The van der Waals surface area contributed by atoms with E-state index in [0.29, 0.717) is 23.9 Å². The molecule has 51 heavy (non-hydrogen) atoms. The van der Waals surface area contributed by atoms with Crippen LogP contribution in [0.1, 0.15) is 11.4 Å². The van der Waals surface area contributed by atoms with E-state index < -0.39 is 0 Å². The zero-order valence-electron chi connectivity index (χ0n) is 27.4. The Hall–Kier alpha value is -6.92. The molecule has 10 rings (SSSR count). The molecule has 0 aliphatic heterocycles. The van der Waals surface area contributed by atoms with E-state index in [-0.39, 0.29) is 0 Å². The molecule has 0 amide bonds. The van der Waals surface area contributed by atoms with Crippen LogP contribution in [0.2, 0.25) is 0 Å². The average Bonchev–Trinajstić information content (AvgIpc) is 3.75. The van der Waals surface area contributed by atoms with Crippen LogP contribution in [0, 0.1) is 0 Å². The fourth-order valence-corrected chi connectivity index (χ4v) is 7.30. The van der Waals surface area contributed by atoms with Gasteiger partial charge >= 0.3 is 0 Å². The highest BCUT2D eigenvalue weighted by atomic mass is 16.3. The summed E-state index contributed by atoms with van der Waals surface area (Å²) in [5.74, 6) is 1.93. The number of fused-ring (bicyclic) bond motifs is 6. The van der Waals surface area contributed by atoms with E-state index >= 15 is 0 Å². The maximum atomic E-state index is 6.39. The van der Waals surface area contributed by atoms with Gasteiger partial charge in [-0.1, -0.05) is 121 Å². The number of rotatable bonds is 6. The number of pyridine rings is 1. The van der Waals surface area contributed by atoms with E-state index in [0.717, 1.165) is 60.9 Å². The Morgan fingerprint density at radius 3 is 1.73 bits per heavy atom. The Labute approximate surface area is 293 Å². The summed E-state index contributed by atoms with van der Waals surface area (Å²) in [7, 11) is 0. The molecule has 0 saturated heterocycles. The zero-order chi connectivity index (χ0) is 33.7. The lowest BCUT2D eigenvalue weighted by Gasteiger charge is -2.15. The molecule has 0 radical (unpaired) electrons. The second-order valence-electron chi connectivity index (χ2n) is 12.7. The van der Waals surface area contributed by atoms with Crippen molar-refractivity contribution in [2.24, 2.45) is 0 Å². The van der Waals surface area contributed by atoms with Gasteiger partial charge < -0.3 is 8.98 Å². The fraction of sp³-hybridized carbons (Fsp3) is 0.0222. The van der Waals surface area contributed by atoms with Crippen LogP contribution in [0.4, 0.5) is 0 Å². The molecule has 0 aliphatic rings. The lowest BCUT2D eigenvalue weighted by molar-refractivity contribution is 0.666. The van der Waals surface area contributed by atoms with Crippen molar-refractivity contribution in [1.29, 1.82) is 0 Å². The molecule has 6 heteroatoms. The predicted molar refractivity (Wildman–Crippen MR) is 205 cm³/mol. The first-order valence-corrected chi connectivity index (χ1v) is 17.0. The molecule has 0 N–H and O–H groups in total. The molecular formula is C45H29N5O. The van der Waals surface area contributed by atoms with Crippen molar-refractivity contribution in [3.05, 3.63) is 175 Å². The summed E-state index contributed by atoms with van der Waals surface area (Å²) < 4.78 is 8.75. The third-order valence-corrected chi connectivity index (χ3v) is 9.64. The SMILES string of the molecule is c1ccc(-c2ccc(-c3nc(Cc4c(-n5c6ccccc6c6ccccc65)ccc5oc6cnccc6c45)nc(-c4ccccc4)n3)cc2)cc1. The number of nitrogens with zero attached hydrogens (tertiary/aromatic N) is 5. The van der Waals surface area contributed by atoms with Crippen molar-refractivity contribution in [2.75, 3.05) is 0 Å². The highest BCUT2D eigenvalue weighted by molar-refractivity contribution is 6.11. The molecule has 4 aromatic heterocycles. The zero-order valence-corrected chi connectivity index (χ0v) is 27.4. The van der Waals surface area contributed by atoms with Crippen LogP contribution in [0.3, 0.4) is 0 Å². The molecule has 0 saturated carbocycles. The average molecular weight is 656 g/mol. The van der Waals surface area contributed by atoms with Crippen LogP contribution in [-0.4, -0.2) is 24.5 Å². The van der Waals surface area contributed by atoms with E-state index in [1.165, 1.54) is 16.3 Å². The molecule has 0 atom stereocenters. The molecule has 6 aromatic carbocycles. The first-order valence-electron chi connectivity index (χ1n) is 17.0. The molecule has 4 heterocycles. The second kappa shape index (κ2) is 11.9. The maximum absolute atomic E-state index is 6.39. The number of para-hydroxylation sites is 2. The van der Waals surface area contributed by atoms with Gasteiger partial charge in [0.1, 0.15) is 11.4 Å². The Bertz CT molecular complexity index is 2820. The number of hydrogen-bond acceptors (Lipinski definition) is 5. The monoisotopic (exact) mass is 655 g/mol. The van der Waals surface area contributed by atoms with Gasteiger partial charge in [0.25, 0.3) is 0 Å². The van der Waals surface area contributed by atoms with Gasteiger partial charge in [0.15, 0.2) is 17.2 Å². The van der Waals surface area contributed by atoms with Crippen LogP contribution >= 0.6 is 0 Å². The first kappa shape index (κ1) is 29.0. The molecule has 0 fully saturated rings. The third-order valence-electron chi connectivity index (χ3n) is 9.64. The summed E-state index contributed by atoms with van der Waals surface area (Å²) in [6, 6.07) is 52.4. The number of benzene rings is 6. The van der Waals surface area contributed by atoms with E-state index in [1.807, 2.05) is 48.7 Å². The van der Waals surface area contributed by atoms with Gasteiger partial charge in [0.2, 0.25) is 0 Å². The molecule has 0 bridgehead atoms. The third kappa shape index (κ3) is 4.96. The molecular weight excluding hydrogens is 627 g/mol. The normalized spacial score (nSPS) is 11.6. The van der Waals surface area contributed by atoms with Crippen molar-refractivity contribution in [3.63, 3.8) is 0 Å². The Morgan fingerprint density at radius 1 is 0.471 bits per heavy atom. The largest absolute Gasteiger partial charge is 0.454 e. The number of furan rings is 1. The summed E-state index contributed by atoms with van der Waals surface area (Å²) in [6.45, 7) is 0. The van der Waals surface area contributed by atoms with Crippen molar-refractivity contribution in [2.45, 2.75) is 6.42 Å². The second-order valence-corrected chi connectivity index (χ2v) is 12.7. The molecule has 0 unspecified atom stereocenters. The Morgan fingerprint density at radius 2 is 1.04 bits per heavy atom. The lowest BCUT2D eigenvalue weighted by atomic mass is 10.0. The van der Waals surface area contributed by atoms with Gasteiger partial charge in [-0.05, 0) is 47.0 Å². The standard InChI is InChI=1S/C45H29N5O/c1-3-11-29(12-4-1)30-19-21-32(22-20-30)45-48-42(47-44(49-45)31-13-5-2-6-14-31)27-36-39(23-24-40-43(36)35-25-26-46-28-41(35)51-40)50-37-17-9-7-15-33(37)34-16-8-10-18-38(34)50/h1-26,28H,27H2. The summed E-state index contributed by atoms with van der Waals surface area (Å²) >= 11 is 0. The van der Waals surface area contributed by atoms with Gasteiger partial charge in [-0.2, -0.15) is 0 Å². The fourth-order valence-electron chi connectivity index (χ4n) is 7.30. The van der Waals surface area contributed by atoms with E-state index in [9.17, 15) is 0 Å². The maximum Gasteiger partial charge on any atom is 0.163 e. The predicted octanol–water partition coefficient (Wildman–Crippen LogP) is 10.9. The highest BCUT2D eigenvalue weighted by Crippen LogP contribution is 2.39. The van der Waals surface area contributed by atoms with Crippen LogP contribution in [0.15, 0.2) is 168 Å². The van der Waals surface area contributed by atoms with E-state index in [2.05, 4.69) is 119 Å². The quantitative estimate of drug-likeness (QED) is 0.178. The first-order chi connectivity index (χ1) is 25.3. The molecule has 240 valence electrons. The lowest BCUT2D eigenvalue weighted by Crippen LogP contribution is -2.07. The van der Waals surface area contributed by atoms with E-state index in [4.69, 9.17) is 19.4 Å². The van der Waals surface area contributed by atoms with E-state index in [1.54, 1.807) is 6.20 Å². The number of hydrogen-bond donors (Lipinski definition) is 0. The molecule has 10 aromatic rings. The highest BCUT2D eigenvalue weighted by Gasteiger charge is 2.22. The van der Waals surface area contributed by atoms with Crippen molar-refractivity contribution in [1.82, 2.24) is 24.5 Å². The van der Waals surface area contributed by atoms with Crippen molar-refractivity contribution >= 4 is 43.7 Å². The van der Waals surface area contributed by atoms with Crippen LogP contribution < -0.4 is 0 Å². The minimum absolute atomic E-state index is 0.446. The topological polar surface area (TPSA) is 69.6 Å². The van der Waals surface area contributed by atoms with Gasteiger partial charge in [0, 0.05) is 45.3 Å². The summed E-state index contributed by atoms with van der Waals surface area (Å²) in [5, 5.41) is 4.44. The van der Waals surface area contributed by atoms with Crippen LogP contribution in [0.5, 0.6) is 0 Å². The van der Waals surface area contributed by atoms with Gasteiger partial charge in [-0.15, -0.1) is 0 Å². The minimum atomic E-state index is 0.446. The summed E-state index contributed by atoms with van der Waals surface area (Å²) in [6.07, 6.45) is 4.05. The van der Waals surface area contributed by atoms with Gasteiger partial charge in [-0.25, -0.2) is 15.0 Å². The van der Waals surface area contributed by atoms with Gasteiger partial charge in [-0.3, -0.25) is 4.98 Å². The Kier molecular flexibility index (Phi) is 6.77.